The maximum absolute atomic E-state index is 11.8. The van der Waals surface area contributed by atoms with Crippen LogP contribution in [0.5, 0.6) is 0 Å². The van der Waals surface area contributed by atoms with Crippen LogP contribution in [0.15, 0.2) is 0 Å². The van der Waals surface area contributed by atoms with Crippen molar-refractivity contribution in [1.29, 1.82) is 0 Å². The van der Waals surface area contributed by atoms with Crippen LogP contribution in [-0.2, 0) is 29.1 Å². The fourth-order valence-corrected chi connectivity index (χ4v) is 4.50. The molecule has 2 aliphatic heterocycles. The van der Waals surface area contributed by atoms with Crippen LogP contribution in [0.25, 0.3) is 0 Å². The molecule has 2 aliphatic rings. The molecule has 0 saturated carbocycles. The van der Waals surface area contributed by atoms with E-state index in [0.29, 0.717) is 12.8 Å². The molecule has 0 bridgehead atoms. The third kappa shape index (κ3) is 5.64. The molecule has 0 aromatic carbocycles. The van der Waals surface area contributed by atoms with Crippen LogP contribution >= 0.6 is 22.0 Å². The van der Waals surface area contributed by atoms with Gasteiger partial charge >= 0.3 is 0 Å². The SMILES string of the molecule is O=C1CCCCCN1SSN1CCCCCC1=O.[Zn]. The van der Waals surface area contributed by atoms with E-state index in [4.69, 9.17) is 0 Å². The van der Waals surface area contributed by atoms with Gasteiger partial charge in [0.25, 0.3) is 0 Å². The summed E-state index contributed by atoms with van der Waals surface area (Å²) in [5.41, 5.74) is 0. The number of carbonyl (C=O) groups is 2. The smallest absolute Gasteiger partial charge is 0.233 e. The molecular formula is C12H20N2O2S2Zn. The summed E-state index contributed by atoms with van der Waals surface area (Å²) >= 11 is 0. The molecule has 104 valence electrons. The van der Waals surface area contributed by atoms with Gasteiger partial charge in [-0.05, 0) is 25.7 Å². The average Bonchev–Trinajstić information content (AvgIpc) is 2.68. The van der Waals surface area contributed by atoms with Gasteiger partial charge in [0.05, 0.1) is 0 Å². The summed E-state index contributed by atoms with van der Waals surface area (Å²) in [5, 5.41) is 0. The van der Waals surface area contributed by atoms with Crippen molar-refractivity contribution in [2.45, 2.75) is 51.4 Å². The summed E-state index contributed by atoms with van der Waals surface area (Å²) in [4.78, 5) is 23.6. The van der Waals surface area contributed by atoms with Crippen molar-refractivity contribution in [2.75, 3.05) is 13.1 Å². The number of hydrogen-bond donors (Lipinski definition) is 0. The van der Waals surface area contributed by atoms with Crippen molar-refractivity contribution in [3.8, 4) is 0 Å². The molecule has 7 heteroatoms. The summed E-state index contributed by atoms with van der Waals surface area (Å²) < 4.78 is 3.66. The van der Waals surface area contributed by atoms with Gasteiger partial charge in [0, 0.05) is 67.4 Å². The Labute approximate surface area is 135 Å². The largest absolute Gasteiger partial charge is 0.276 e. The summed E-state index contributed by atoms with van der Waals surface area (Å²) in [7, 11) is 2.89. The van der Waals surface area contributed by atoms with Gasteiger partial charge in [0.2, 0.25) is 11.8 Å². The Bertz CT molecular complexity index is 288. The molecule has 2 saturated heterocycles. The first-order chi connectivity index (χ1) is 8.77. The van der Waals surface area contributed by atoms with E-state index in [1.807, 2.05) is 8.61 Å². The molecule has 0 spiro atoms. The van der Waals surface area contributed by atoms with Gasteiger partial charge in [-0.15, -0.1) is 0 Å². The maximum Gasteiger partial charge on any atom is 0.233 e. The van der Waals surface area contributed by atoms with E-state index in [1.54, 1.807) is 0 Å². The second kappa shape index (κ2) is 9.25. The van der Waals surface area contributed by atoms with E-state index in [-0.39, 0.29) is 31.3 Å². The van der Waals surface area contributed by atoms with Gasteiger partial charge in [-0.25, -0.2) is 0 Å². The molecule has 2 rings (SSSR count). The van der Waals surface area contributed by atoms with Crippen molar-refractivity contribution in [1.82, 2.24) is 8.61 Å². The molecule has 4 nitrogen and oxygen atoms in total. The first kappa shape index (κ1) is 17.3. The van der Waals surface area contributed by atoms with E-state index in [1.165, 1.54) is 22.0 Å². The van der Waals surface area contributed by atoms with E-state index >= 15 is 0 Å². The molecule has 0 atom stereocenters. The molecule has 19 heavy (non-hydrogen) atoms. The van der Waals surface area contributed by atoms with Gasteiger partial charge in [-0.1, -0.05) is 12.8 Å². The number of nitrogens with zero attached hydrogens (tertiary/aromatic N) is 2. The van der Waals surface area contributed by atoms with Crippen LogP contribution in [0.4, 0.5) is 0 Å². The number of rotatable bonds is 3. The number of hydrogen-bond acceptors (Lipinski definition) is 4. The Morgan fingerprint density at radius 3 is 1.53 bits per heavy atom. The minimum atomic E-state index is 0. The standard InChI is InChI=1S/C12H20N2O2S2.Zn/c15-11-7-3-1-5-9-13(11)17-18-14-10-6-2-4-8-12(14)16;/h1-10H2;. The summed E-state index contributed by atoms with van der Waals surface area (Å²) in [6.45, 7) is 1.64. The van der Waals surface area contributed by atoms with E-state index < -0.39 is 0 Å². The Kier molecular flexibility index (Phi) is 8.43. The maximum atomic E-state index is 11.8. The molecular weight excluding hydrogens is 334 g/mol. The fourth-order valence-electron chi connectivity index (χ4n) is 2.15. The van der Waals surface area contributed by atoms with E-state index in [9.17, 15) is 9.59 Å². The molecule has 0 aromatic heterocycles. The number of carbonyl (C=O) groups excluding carboxylic acids is 2. The Hall–Kier alpha value is 0.263. The van der Waals surface area contributed by atoms with Crippen LogP contribution in [0, 0.1) is 0 Å². The Morgan fingerprint density at radius 2 is 1.11 bits per heavy atom. The predicted molar refractivity (Wildman–Crippen MR) is 75.5 cm³/mol. The normalized spacial score (nSPS) is 21.7. The van der Waals surface area contributed by atoms with Crippen molar-refractivity contribution >= 4 is 33.8 Å². The van der Waals surface area contributed by atoms with Gasteiger partial charge in [-0.3, -0.25) is 18.2 Å². The number of amides is 2. The van der Waals surface area contributed by atoms with Gasteiger partial charge in [-0.2, -0.15) is 0 Å². The molecule has 0 aromatic rings. The van der Waals surface area contributed by atoms with Crippen LogP contribution in [-0.4, -0.2) is 33.5 Å². The van der Waals surface area contributed by atoms with Crippen LogP contribution in [0.2, 0.25) is 0 Å². The topological polar surface area (TPSA) is 40.6 Å². The third-order valence-corrected chi connectivity index (χ3v) is 5.75. The minimum Gasteiger partial charge on any atom is -0.276 e. The van der Waals surface area contributed by atoms with Crippen LogP contribution in [0.3, 0.4) is 0 Å². The van der Waals surface area contributed by atoms with Gasteiger partial charge in [0.1, 0.15) is 0 Å². The average molecular weight is 354 g/mol. The molecule has 2 heterocycles. The van der Waals surface area contributed by atoms with Crippen molar-refractivity contribution < 1.29 is 29.1 Å². The quantitative estimate of drug-likeness (QED) is 0.444. The van der Waals surface area contributed by atoms with E-state index in [0.717, 1.165) is 51.6 Å². The second-order valence-electron chi connectivity index (χ2n) is 4.76. The Balaban J connectivity index is 0.00000180. The molecule has 0 aliphatic carbocycles. The van der Waals surface area contributed by atoms with E-state index in [2.05, 4.69) is 0 Å². The molecule has 2 fully saturated rings. The summed E-state index contributed by atoms with van der Waals surface area (Å²) in [6.07, 6.45) is 7.74. The molecule has 0 N–H and O–H groups in total. The van der Waals surface area contributed by atoms with Gasteiger partial charge < -0.3 is 0 Å². The summed E-state index contributed by atoms with van der Waals surface area (Å²) in [6, 6.07) is 0. The molecule has 0 radical (unpaired) electrons. The monoisotopic (exact) mass is 352 g/mol. The fraction of sp³-hybridized carbons (Fsp3) is 0.833. The summed E-state index contributed by atoms with van der Waals surface area (Å²) in [5.74, 6) is 0.430. The Morgan fingerprint density at radius 1 is 0.684 bits per heavy atom. The first-order valence-electron chi connectivity index (χ1n) is 6.73. The molecule has 2 amide bonds. The van der Waals surface area contributed by atoms with Crippen molar-refractivity contribution in [3.63, 3.8) is 0 Å². The van der Waals surface area contributed by atoms with Crippen molar-refractivity contribution in [3.05, 3.63) is 0 Å². The zero-order valence-corrected chi connectivity index (χ0v) is 15.9. The zero-order valence-electron chi connectivity index (χ0n) is 11.3. The van der Waals surface area contributed by atoms with Crippen LogP contribution in [0.1, 0.15) is 51.4 Å². The van der Waals surface area contributed by atoms with Gasteiger partial charge in [0.15, 0.2) is 0 Å². The van der Waals surface area contributed by atoms with Crippen LogP contribution < -0.4 is 0 Å². The van der Waals surface area contributed by atoms with Crippen molar-refractivity contribution in [2.24, 2.45) is 0 Å². The third-order valence-electron chi connectivity index (χ3n) is 3.27. The minimum absolute atomic E-state index is 0. The second-order valence-corrected chi connectivity index (χ2v) is 6.84. The first-order valence-corrected chi connectivity index (χ1v) is 8.79. The zero-order chi connectivity index (χ0) is 12.8. The predicted octanol–water partition coefficient (Wildman–Crippen LogP) is 3.00. The molecule has 0 unspecified atom stereocenters.